The summed E-state index contributed by atoms with van der Waals surface area (Å²) in [5, 5.41) is 0. The van der Waals surface area contributed by atoms with E-state index in [0.717, 1.165) is 12.8 Å². The lowest BCUT2D eigenvalue weighted by molar-refractivity contribution is -0.115. The summed E-state index contributed by atoms with van der Waals surface area (Å²) in [5.41, 5.74) is 1.37. The number of carbonyl (C=O) groups is 1. The molecule has 11 heavy (non-hydrogen) atoms. The van der Waals surface area contributed by atoms with Gasteiger partial charge in [0.1, 0.15) is 0 Å². The van der Waals surface area contributed by atoms with E-state index < -0.39 is 0 Å². The van der Waals surface area contributed by atoms with Crippen LogP contribution in [0.25, 0.3) is 0 Å². The molecule has 0 fully saturated rings. The second-order valence-corrected chi connectivity index (χ2v) is 3.26. The zero-order chi connectivity index (χ0) is 8.10. The number of hydrogen-bond donors (Lipinski definition) is 0. The van der Waals surface area contributed by atoms with Gasteiger partial charge < -0.3 is 0 Å². The van der Waals surface area contributed by atoms with Crippen molar-refractivity contribution >= 4 is 5.78 Å². The van der Waals surface area contributed by atoms with E-state index in [2.05, 4.69) is 6.92 Å². The van der Waals surface area contributed by atoms with Crippen LogP contribution in [0.2, 0.25) is 0 Å². The number of allylic oxidation sites excluding steroid dienone is 2. The Bertz CT molecular complexity index is 168. The van der Waals surface area contributed by atoms with Gasteiger partial charge in [-0.05, 0) is 18.9 Å². The summed E-state index contributed by atoms with van der Waals surface area (Å²) in [6.45, 7) is 2.21. The Kier molecular flexibility index (Phi) is 3.34. The van der Waals surface area contributed by atoms with Crippen LogP contribution in [0.1, 0.15) is 45.4 Å². The smallest absolute Gasteiger partial charge is 0.159 e. The maximum Gasteiger partial charge on any atom is 0.159 e. The third-order valence-electron chi connectivity index (χ3n) is 2.12. The van der Waals surface area contributed by atoms with Crippen molar-refractivity contribution in [1.29, 1.82) is 0 Å². The number of rotatable bonds is 5. The van der Waals surface area contributed by atoms with Crippen molar-refractivity contribution in [3.63, 3.8) is 0 Å². The summed E-state index contributed by atoms with van der Waals surface area (Å²) in [6.07, 6.45) is 8.91. The fourth-order valence-corrected chi connectivity index (χ4v) is 1.36. The van der Waals surface area contributed by atoms with Gasteiger partial charge in [-0.3, -0.25) is 4.79 Å². The molecule has 0 aromatic carbocycles. The normalized spacial score (nSPS) is 16.1. The average Bonchev–Trinajstić information content (AvgIpc) is 1.94. The lowest BCUT2D eigenvalue weighted by Gasteiger charge is -2.12. The van der Waals surface area contributed by atoms with E-state index >= 15 is 0 Å². The molecule has 0 radical (unpaired) electrons. The number of unbranched alkanes of at least 4 members (excludes halogenated alkanes) is 3. The maximum atomic E-state index is 10.5. The van der Waals surface area contributed by atoms with Gasteiger partial charge in [-0.1, -0.05) is 31.8 Å². The van der Waals surface area contributed by atoms with E-state index in [1.54, 1.807) is 6.08 Å². The summed E-state index contributed by atoms with van der Waals surface area (Å²) in [6, 6.07) is 0. The highest BCUT2D eigenvalue weighted by atomic mass is 16.1. The third-order valence-corrected chi connectivity index (χ3v) is 2.12. The zero-order valence-electron chi connectivity index (χ0n) is 7.23. The van der Waals surface area contributed by atoms with Crippen LogP contribution in [0.15, 0.2) is 11.6 Å². The van der Waals surface area contributed by atoms with Gasteiger partial charge in [0.05, 0.1) is 0 Å². The van der Waals surface area contributed by atoms with E-state index in [0.29, 0.717) is 5.78 Å². The Labute approximate surface area is 68.5 Å². The van der Waals surface area contributed by atoms with Crippen LogP contribution in [0.4, 0.5) is 0 Å². The van der Waals surface area contributed by atoms with Crippen molar-refractivity contribution in [2.45, 2.75) is 45.4 Å². The van der Waals surface area contributed by atoms with Crippen molar-refractivity contribution in [3.8, 4) is 0 Å². The van der Waals surface area contributed by atoms with Crippen LogP contribution in [-0.2, 0) is 4.79 Å². The van der Waals surface area contributed by atoms with E-state index in [1.165, 1.54) is 31.3 Å². The molecule has 0 saturated heterocycles. The van der Waals surface area contributed by atoms with E-state index in [4.69, 9.17) is 0 Å². The Balaban J connectivity index is 1.96. The molecular formula is C10H16O. The standard InChI is InChI=1S/C10H16O/c1-2-3-4-5-6-9-7-10(11)8-9/h7H,2-6,8H2,1H3. The molecule has 1 aliphatic carbocycles. The Morgan fingerprint density at radius 2 is 2.09 bits per heavy atom. The third kappa shape index (κ3) is 2.87. The van der Waals surface area contributed by atoms with E-state index in [9.17, 15) is 4.79 Å². The van der Waals surface area contributed by atoms with Gasteiger partial charge >= 0.3 is 0 Å². The summed E-state index contributed by atoms with van der Waals surface area (Å²) in [5.74, 6) is 0.315. The SMILES string of the molecule is CCCCCCC1=CC(=O)C1. The highest BCUT2D eigenvalue weighted by Gasteiger charge is 2.13. The molecule has 0 N–H and O–H groups in total. The van der Waals surface area contributed by atoms with Gasteiger partial charge in [-0.2, -0.15) is 0 Å². The summed E-state index contributed by atoms with van der Waals surface area (Å²) in [7, 11) is 0. The molecule has 0 unspecified atom stereocenters. The molecule has 0 aliphatic heterocycles. The number of ketones is 1. The molecule has 1 aliphatic rings. The topological polar surface area (TPSA) is 17.1 Å². The molecule has 1 heteroatoms. The van der Waals surface area contributed by atoms with Crippen LogP contribution < -0.4 is 0 Å². The second-order valence-electron chi connectivity index (χ2n) is 3.26. The molecule has 62 valence electrons. The van der Waals surface area contributed by atoms with Crippen molar-refractivity contribution in [1.82, 2.24) is 0 Å². The molecule has 0 aromatic rings. The molecule has 0 heterocycles. The molecule has 0 saturated carbocycles. The summed E-state index contributed by atoms with van der Waals surface area (Å²) >= 11 is 0. The lowest BCUT2D eigenvalue weighted by Crippen LogP contribution is -2.07. The van der Waals surface area contributed by atoms with Crippen molar-refractivity contribution in [3.05, 3.63) is 11.6 Å². The van der Waals surface area contributed by atoms with Gasteiger partial charge in [0.25, 0.3) is 0 Å². The Morgan fingerprint density at radius 3 is 2.64 bits per heavy atom. The van der Waals surface area contributed by atoms with E-state index in [1.807, 2.05) is 0 Å². The first-order chi connectivity index (χ1) is 5.33. The fourth-order valence-electron chi connectivity index (χ4n) is 1.36. The summed E-state index contributed by atoms with van der Waals surface area (Å²) < 4.78 is 0. The predicted octanol–water partition coefficient (Wildman–Crippen LogP) is 2.86. The van der Waals surface area contributed by atoms with Crippen LogP contribution in [0.5, 0.6) is 0 Å². The van der Waals surface area contributed by atoms with Crippen molar-refractivity contribution in [2.75, 3.05) is 0 Å². The molecule has 0 amide bonds. The van der Waals surface area contributed by atoms with Gasteiger partial charge in [0, 0.05) is 6.42 Å². The van der Waals surface area contributed by atoms with Gasteiger partial charge in [0.2, 0.25) is 0 Å². The molecule has 1 nitrogen and oxygen atoms in total. The molecule has 0 aromatic heterocycles. The molecule has 0 bridgehead atoms. The minimum Gasteiger partial charge on any atom is -0.295 e. The monoisotopic (exact) mass is 152 g/mol. The maximum absolute atomic E-state index is 10.5. The summed E-state index contributed by atoms with van der Waals surface area (Å²) in [4.78, 5) is 10.5. The molecule has 0 spiro atoms. The first-order valence-electron chi connectivity index (χ1n) is 4.55. The quantitative estimate of drug-likeness (QED) is 0.553. The van der Waals surface area contributed by atoms with Gasteiger partial charge in [-0.25, -0.2) is 0 Å². The van der Waals surface area contributed by atoms with Crippen LogP contribution in [0.3, 0.4) is 0 Å². The fraction of sp³-hybridized carbons (Fsp3) is 0.700. The zero-order valence-corrected chi connectivity index (χ0v) is 7.23. The predicted molar refractivity (Wildman–Crippen MR) is 46.5 cm³/mol. The largest absolute Gasteiger partial charge is 0.295 e. The van der Waals surface area contributed by atoms with E-state index in [-0.39, 0.29) is 0 Å². The number of carbonyl (C=O) groups excluding carboxylic acids is 1. The Morgan fingerprint density at radius 1 is 1.36 bits per heavy atom. The molecule has 1 rings (SSSR count). The molecule has 0 atom stereocenters. The minimum atomic E-state index is 0.315. The average molecular weight is 152 g/mol. The van der Waals surface area contributed by atoms with Crippen LogP contribution >= 0.6 is 0 Å². The minimum absolute atomic E-state index is 0.315. The van der Waals surface area contributed by atoms with Crippen LogP contribution in [0, 0.1) is 0 Å². The number of hydrogen-bond acceptors (Lipinski definition) is 1. The lowest BCUT2D eigenvalue weighted by atomic mass is 9.92. The highest BCUT2D eigenvalue weighted by molar-refractivity contribution is 5.98. The van der Waals surface area contributed by atoms with Crippen molar-refractivity contribution in [2.24, 2.45) is 0 Å². The Hall–Kier alpha value is -0.590. The first-order valence-corrected chi connectivity index (χ1v) is 4.55. The van der Waals surface area contributed by atoms with Crippen LogP contribution in [-0.4, -0.2) is 5.78 Å². The van der Waals surface area contributed by atoms with Gasteiger partial charge in [-0.15, -0.1) is 0 Å². The first kappa shape index (κ1) is 8.51. The van der Waals surface area contributed by atoms with Crippen molar-refractivity contribution < 1.29 is 4.79 Å². The molecular weight excluding hydrogens is 136 g/mol. The second kappa shape index (κ2) is 4.32. The highest BCUT2D eigenvalue weighted by Crippen LogP contribution is 2.20. The van der Waals surface area contributed by atoms with Gasteiger partial charge in [0.15, 0.2) is 5.78 Å².